The lowest BCUT2D eigenvalue weighted by Gasteiger charge is -2.05. The van der Waals surface area contributed by atoms with E-state index in [1.54, 1.807) is 0 Å². The second-order valence-corrected chi connectivity index (χ2v) is 5.42. The van der Waals surface area contributed by atoms with Gasteiger partial charge in [-0.05, 0) is 42.8 Å². The fraction of sp³-hybridized carbons (Fsp3) is 0.412. The Balaban J connectivity index is 2.05. The van der Waals surface area contributed by atoms with Gasteiger partial charge < -0.3 is 10.3 Å². The van der Waals surface area contributed by atoms with Crippen LogP contribution in [0.2, 0.25) is 0 Å². The van der Waals surface area contributed by atoms with E-state index in [9.17, 15) is 9.59 Å². The molecule has 2 rings (SSSR count). The second kappa shape index (κ2) is 7.07. The van der Waals surface area contributed by atoms with Crippen LogP contribution >= 0.6 is 0 Å². The first-order chi connectivity index (χ1) is 10.1. The number of aryl methyl sites for hydroxylation is 2. The molecule has 112 valence electrons. The minimum absolute atomic E-state index is 0.00635. The van der Waals surface area contributed by atoms with Crippen LogP contribution in [0.5, 0.6) is 0 Å². The molecule has 1 aromatic heterocycles. The Morgan fingerprint density at radius 3 is 2.86 bits per heavy atom. The summed E-state index contributed by atoms with van der Waals surface area (Å²) >= 11 is 0. The number of benzene rings is 1. The van der Waals surface area contributed by atoms with E-state index in [4.69, 9.17) is 0 Å². The quantitative estimate of drug-likeness (QED) is 0.802. The van der Waals surface area contributed by atoms with Crippen LogP contribution in [0.4, 0.5) is 0 Å². The van der Waals surface area contributed by atoms with Crippen molar-refractivity contribution in [3.05, 3.63) is 45.7 Å². The largest absolute Gasteiger partial charge is 0.356 e. The lowest BCUT2D eigenvalue weighted by Crippen LogP contribution is -2.25. The molecule has 0 aliphatic heterocycles. The molecular formula is C17H22N2O2. The molecule has 0 unspecified atom stereocenters. The summed E-state index contributed by atoms with van der Waals surface area (Å²) in [6.07, 6.45) is 2.87. The zero-order valence-electron chi connectivity index (χ0n) is 12.7. The van der Waals surface area contributed by atoms with Gasteiger partial charge in [-0.15, -0.1) is 0 Å². The molecular weight excluding hydrogens is 264 g/mol. The van der Waals surface area contributed by atoms with Gasteiger partial charge in [0, 0.05) is 24.0 Å². The Morgan fingerprint density at radius 1 is 1.29 bits per heavy atom. The van der Waals surface area contributed by atoms with Crippen LogP contribution in [0.1, 0.15) is 37.3 Å². The molecule has 1 heterocycles. The molecule has 0 aliphatic carbocycles. The number of H-pyrrole nitrogens is 1. The van der Waals surface area contributed by atoms with Gasteiger partial charge in [-0.3, -0.25) is 9.59 Å². The van der Waals surface area contributed by atoms with Crippen molar-refractivity contribution in [1.29, 1.82) is 0 Å². The summed E-state index contributed by atoms with van der Waals surface area (Å²) in [6.45, 7) is 4.79. The van der Waals surface area contributed by atoms with Crippen molar-refractivity contribution < 1.29 is 4.79 Å². The first-order valence-electron chi connectivity index (χ1n) is 7.49. The molecule has 1 aromatic carbocycles. The molecule has 0 spiro atoms. The fourth-order valence-corrected chi connectivity index (χ4v) is 2.29. The molecule has 0 atom stereocenters. The normalized spacial score (nSPS) is 10.8. The molecule has 0 saturated carbocycles. The minimum Gasteiger partial charge on any atom is -0.356 e. The molecule has 2 N–H and O–H groups in total. The average Bonchev–Trinajstić information content (AvgIpc) is 2.45. The molecule has 21 heavy (non-hydrogen) atoms. The van der Waals surface area contributed by atoms with Crippen molar-refractivity contribution in [2.24, 2.45) is 0 Å². The van der Waals surface area contributed by atoms with Gasteiger partial charge in [0.05, 0.1) is 0 Å². The summed E-state index contributed by atoms with van der Waals surface area (Å²) in [5, 5.41) is 3.87. The Morgan fingerprint density at radius 2 is 2.10 bits per heavy atom. The number of nitrogens with one attached hydrogen (secondary N) is 2. The Kier molecular flexibility index (Phi) is 5.14. The maximum Gasteiger partial charge on any atom is 0.251 e. The van der Waals surface area contributed by atoms with E-state index >= 15 is 0 Å². The summed E-state index contributed by atoms with van der Waals surface area (Å²) in [7, 11) is 0. The van der Waals surface area contributed by atoms with Crippen molar-refractivity contribution in [2.45, 2.75) is 39.5 Å². The van der Waals surface area contributed by atoms with E-state index in [-0.39, 0.29) is 11.5 Å². The summed E-state index contributed by atoms with van der Waals surface area (Å²) in [4.78, 5) is 26.6. The molecule has 4 nitrogen and oxygen atoms in total. The number of carbonyl (C=O) groups is 1. The van der Waals surface area contributed by atoms with E-state index in [1.807, 2.05) is 31.2 Å². The topological polar surface area (TPSA) is 62.0 Å². The molecule has 0 saturated heterocycles. The molecule has 4 heteroatoms. The maximum absolute atomic E-state index is 12.0. The van der Waals surface area contributed by atoms with Crippen LogP contribution in [-0.4, -0.2) is 17.4 Å². The van der Waals surface area contributed by atoms with E-state index in [0.29, 0.717) is 24.9 Å². The number of fused-ring (bicyclic) bond motifs is 1. The number of rotatable bonds is 6. The highest BCUT2D eigenvalue weighted by molar-refractivity contribution is 5.80. The predicted molar refractivity (Wildman–Crippen MR) is 85.5 cm³/mol. The predicted octanol–water partition coefficient (Wildman–Crippen LogP) is 2.69. The van der Waals surface area contributed by atoms with Crippen LogP contribution in [0.25, 0.3) is 10.9 Å². The minimum atomic E-state index is -0.102. The van der Waals surface area contributed by atoms with Crippen LogP contribution in [0, 0.1) is 6.92 Å². The number of aromatic amines is 1. The summed E-state index contributed by atoms with van der Waals surface area (Å²) < 4.78 is 0. The molecule has 0 aliphatic rings. The second-order valence-electron chi connectivity index (χ2n) is 5.42. The molecule has 0 radical (unpaired) electrons. The number of unbranched alkanes of at least 4 members (excludes halogenated alkanes) is 1. The third-order valence-electron chi connectivity index (χ3n) is 3.55. The number of hydrogen-bond donors (Lipinski definition) is 2. The maximum atomic E-state index is 12.0. The smallest absolute Gasteiger partial charge is 0.251 e. The van der Waals surface area contributed by atoms with Gasteiger partial charge in [-0.1, -0.05) is 25.5 Å². The van der Waals surface area contributed by atoms with Crippen molar-refractivity contribution in [1.82, 2.24) is 10.3 Å². The zero-order chi connectivity index (χ0) is 15.2. The van der Waals surface area contributed by atoms with Crippen LogP contribution < -0.4 is 10.9 Å². The number of amides is 1. The van der Waals surface area contributed by atoms with Crippen molar-refractivity contribution in [3.63, 3.8) is 0 Å². The van der Waals surface area contributed by atoms with E-state index in [0.717, 1.165) is 29.3 Å². The van der Waals surface area contributed by atoms with Crippen molar-refractivity contribution in [3.8, 4) is 0 Å². The fourth-order valence-electron chi connectivity index (χ4n) is 2.29. The number of carbonyl (C=O) groups excluding carboxylic acids is 1. The number of pyridine rings is 1. The van der Waals surface area contributed by atoms with E-state index < -0.39 is 0 Å². The Hall–Kier alpha value is -2.10. The number of hydrogen-bond acceptors (Lipinski definition) is 2. The van der Waals surface area contributed by atoms with Gasteiger partial charge in [-0.25, -0.2) is 0 Å². The van der Waals surface area contributed by atoms with Crippen LogP contribution in [-0.2, 0) is 11.2 Å². The highest BCUT2D eigenvalue weighted by atomic mass is 16.1. The third-order valence-corrected chi connectivity index (χ3v) is 3.55. The van der Waals surface area contributed by atoms with Crippen LogP contribution in [0.3, 0.4) is 0 Å². The molecule has 1 amide bonds. The van der Waals surface area contributed by atoms with Gasteiger partial charge in [0.25, 0.3) is 5.56 Å². The first-order valence-corrected chi connectivity index (χ1v) is 7.49. The third kappa shape index (κ3) is 4.18. The van der Waals surface area contributed by atoms with Crippen molar-refractivity contribution in [2.75, 3.05) is 6.54 Å². The lowest BCUT2D eigenvalue weighted by atomic mass is 10.1. The lowest BCUT2D eigenvalue weighted by molar-refractivity contribution is -0.121. The molecule has 2 aromatic rings. The van der Waals surface area contributed by atoms with Gasteiger partial charge >= 0.3 is 0 Å². The number of aromatic nitrogens is 1. The van der Waals surface area contributed by atoms with Gasteiger partial charge in [0.15, 0.2) is 0 Å². The van der Waals surface area contributed by atoms with Crippen molar-refractivity contribution >= 4 is 16.8 Å². The first kappa shape index (κ1) is 15.3. The standard InChI is InChI=1S/C17H22N2O2/c1-3-4-9-18-16(20)8-7-14-11-13-6-5-12(2)10-15(13)19-17(14)21/h5-6,10-11H,3-4,7-9H2,1-2H3,(H,18,20)(H,19,21). The summed E-state index contributed by atoms with van der Waals surface area (Å²) in [5.74, 6) is 0.00635. The van der Waals surface area contributed by atoms with Gasteiger partial charge in [0.2, 0.25) is 5.91 Å². The zero-order valence-corrected chi connectivity index (χ0v) is 12.7. The van der Waals surface area contributed by atoms with Gasteiger partial charge in [-0.2, -0.15) is 0 Å². The summed E-state index contributed by atoms with van der Waals surface area (Å²) in [6, 6.07) is 7.85. The SMILES string of the molecule is CCCCNC(=O)CCc1cc2ccc(C)cc2[nH]c1=O. The highest BCUT2D eigenvalue weighted by Gasteiger charge is 2.06. The summed E-state index contributed by atoms with van der Waals surface area (Å²) in [5.41, 5.74) is 2.52. The Bertz CT molecular complexity index is 689. The monoisotopic (exact) mass is 286 g/mol. The van der Waals surface area contributed by atoms with Crippen LogP contribution in [0.15, 0.2) is 29.1 Å². The van der Waals surface area contributed by atoms with E-state index in [2.05, 4.69) is 17.2 Å². The van der Waals surface area contributed by atoms with Gasteiger partial charge in [0.1, 0.15) is 0 Å². The molecule has 0 bridgehead atoms. The van der Waals surface area contributed by atoms with E-state index in [1.165, 1.54) is 0 Å². The Labute approximate surface area is 124 Å². The molecule has 0 fully saturated rings. The highest BCUT2D eigenvalue weighted by Crippen LogP contribution is 2.13. The average molecular weight is 286 g/mol.